The van der Waals surface area contributed by atoms with Crippen LogP contribution in [0, 0.1) is 11.8 Å². The van der Waals surface area contributed by atoms with Crippen LogP contribution in [0.4, 0.5) is 0 Å². The van der Waals surface area contributed by atoms with Gasteiger partial charge in [0.15, 0.2) is 0 Å². The van der Waals surface area contributed by atoms with E-state index in [9.17, 15) is 0 Å². The summed E-state index contributed by atoms with van der Waals surface area (Å²) in [5.41, 5.74) is 2.90. The van der Waals surface area contributed by atoms with Crippen molar-refractivity contribution in [3.63, 3.8) is 0 Å². The molecule has 2 unspecified atom stereocenters. The molecule has 0 aliphatic rings. The van der Waals surface area contributed by atoms with Gasteiger partial charge >= 0.3 is 0 Å². The number of hydrogen-bond donors (Lipinski definition) is 0. The van der Waals surface area contributed by atoms with E-state index in [1.807, 2.05) is 0 Å². The maximum atomic E-state index is 2.42. The second kappa shape index (κ2) is 8.78. The molecule has 0 N–H and O–H groups in total. The van der Waals surface area contributed by atoms with Crippen LogP contribution in [0.2, 0.25) is 0 Å². The van der Waals surface area contributed by atoms with Gasteiger partial charge in [-0.1, -0.05) is 87.9 Å². The van der Waals surface area contributed by atoms with Gasteiger partial charge < -0.3 is 0 Å². The van der Waals surface area contributed by atoms with Crippen molar-refractivity contribution in [2.45, 2.75) is 52.4 Å². The highest BCUT2D eigenvalue weighted by Gasteiger charge is 2.16. The van der Waals surface area contributed by atoms with Crippen LogP contribution >= 0.6 is 0 Å². The van der Waals surface area contributed by atoms with E-state index in [-0.39, 0.29) is 0 Å². The van der Waals surface area contributed by atoms with E-state index >= 15 is 0 Å². The van der Waals surface area contributed by atoms with Gasteiger partial charge in [0, 0.05) is 5.92 Å². The molecule has 0 saturated heterocycles. The van der Waals surface area contributed by atoms with Gasteiger partial charge in [-0.2, -0.15) is 0 Å². The lowest BCUT2D eigenvalue weighted by atomic mass is 9.83. The van der Waals surface area contributed by atoms with Crippen LogP contribution < -0.4 is 0 Å². The number of rotatable bonds is 8. The molecular weight excluding hydrogens is 264 g/mol. The minimum Gasteiger partial charge on any atom is -0.0651 e. The van der Waals surface area contributed by atoms with Gasteiger partial charge in [0.1, 0.15) is 0 Å². The molecule has 0 saturated carbocycles. The summed E-state index contributed by atoms with van der Waals surface area (Å²) in [5.74, 6) is 2.19. The Morgan fingerprint density at radius 3 is 1.64 bits per heavy atom. The Morgan fingerprint density at radius 1 is 0.682 bits per heavy atom. The Bertz CT molecular complexity index is 475. The highest BCUT2D eigenvalue weighted by atomic mass is 14.2. The van der Waals surface area contributed by atoms with E-state index in [4.69, 9.17) is 0 Å². The summed E-state index contributed by atoms with van der Waals surface area (Å²) in [6.07, 6.45) is 5.20. The van der Waals surface area contributed by atoms with Crippen LogP contribution in [0.25, 0.3) is 0 Å². The molecule has 22 heavy (non-hydrogen) atoms. The first kappa shape index (κ1) is 16.8. The molecule has 0 amide bonds. The van der Waals surface area contributed by atoms with E-state index < -0.39 is 0 Å². The van der Waals surface area contributed by atoms with Gasteiger partial charge in [-0.3, -0.25) is 0 Å². The monoisotopic (exact) mass is 294 g/mol. The molecule has 0 aliphatic carbocycles. The molecule has 0 heterocycles. The van der Waals surface area contributed by atoms with Crippen LogP contribution in [0.5, 0.6) is 0 Å². The standard InChI is InChI=1S/C22H30/c1-4-18(2)17-19(3)15-16-22(20-11-7-5-8-12-20)21-13-9-6-10-14-21/h5-14,18-19,22H,4,15-17H2,1-3H3. The first-order chi connectivity index (χ1) is 10.7. The van der Waals surface area contributed by atoms with Crippen molar-refractivity contribution < 1.29 is 0 Å². The zero-order valence-electron chi connectivity index (χ0n) is 14.3. The summed E-state index contributed by atoms with van der Waals surface area (Å²) < 4.78 is 0. The Hall–Kier alpha value is -1.56. The van der Waals surface area contributed by atoms with Gasteiger partial charge in [0.2, 0.25) is 0 Å². The Balaban J connectivity index is 2.06. The van der Waals surface area contributed by atoms with E-state index in [1.165, 1.54) is 36.8 Å². The fraction of sp³-hybridized carbons (Fsp3) is 0.455. The molecule has 2 atom stereocenters. The van der Waals surface area contributed by atoms with Crippen LogP contribution in [0.15, 0.2) is 60.7 Å². The van der Waals surface area contributed by atoms with Crippen molar-refractivity contribution in [2.75, 3.05) is 0 Å². The van der Waals surface area contributed by atoms with Gasteiger partial charge in [-0.15, -0.1) is 0 Å². The minimum atomic E-state index is 0.529. The van der Waals surface area contributed by atoms with Crippen LogP contribution in [-0.2, 0) is 0 Å². The maximum absolute atomic E-state index is 2.42. The maximum Gasteiger partial charge on any atom is 0.00894 e. The molecule has 0 aliphatic heterocycles. The normalized spacial score (nSPS) is 14.0. The van der Waals surface area contributed by atoms with Crippen molar-refractivity contribution >= 4 is 0 Å². The van der Waals surface area contributed by atoms with Crippen LogP contribution in [0.1, 0.15) is 63.5 Å². The Kier molecular flexibility index (Phi) is 6.71. The van der Waals surface area contributed by atoms with E-state index in [1.54, 1.807) is 0 Å². The SMILES string of the molecule is CCC(C)CC(C)CCC(c1ccccc1)c1ccccc1. The summed E-state index contributed by atoms with van der Waals surface area (Å²) >= 11 is 0. The smallest absolute Gasteiger partial charge is 0.00894 e. The van der Waals surface area contributed by atoms with Crippen molar-refractivity contribution in [1.29, 1.82) is 0 Å². The zero-order valence-corrected chi connectivity index (χ0v) is 14.3. The van der Waals surface area contributed by atoms with Gasteiger partial charge in [0.25, 0.3) is 0 Å². The summed E-state index contributed by atoms with van der Waals surface area (Å²) in [4.78, 5) is 0. The molecule has 118 valence electrons. The topological polar surface area (TPSA) is 0 Å². The average Bonchev–Trinajstić information content (AvgIpc) is 2.57. The highest BCUT2D eigenvalue weighted by molar-refractivity contribution is 5.32. The molecule has 0 aromatic heterocycles. The largest absolute Gasteiger partial charge is 0.0651 e. The van der Waals surface area contributed by atoms with Crippen LogP contribution in [0.3, 0.4) is 0 Å². The van der Waals surface area contributed by atoms with Crippen molar-refractivity contribution in [3.8, 4) is 0 Å². The van der Waals surface area contributed by atoms with Gasteiger partial charge in [0.05, 0.1) is 0 Å². The lowest BCUT2D eigenvalue weighted by Gasteiger charge is -2.22. The zero-order chi connectivity index (χ0) is 15.8. The first-order valence-corrected chi connectivity index (χ1v) is 8.80. The fourth-order valence-corrected chi connectivity index (χ4v) is 3.32. The molecule has 0 nitrogen and oxygen atoms in total. The summed E-state index contributed by atoms with van der Waals surface area (Å²) in [7, 11) is 0. The summed E-state index contributed by atoms with van der Waals surface area (Å²) in [6, 6.07) is 22.0. The lowest BCUT2D eigenvalue weighted by molar-refractivity contribution is 0.374. The quantitative estimate of drug-likeness (QED) is 0.510. The molecule has 0 radical (unpaired) electrons. The lowest BCUT2D eigenvalue weighted by Crippen LogP contribution is -2.07. The molecule has 0 spiro atoms. The second-order valence-electron chi connectivity index (χ2n) is 6.81. The molecule has 2 rings (SSSR count). The predicted molar refractivity (Wildman–Crippen MR) is 97.2 cm³/mol. The van der Waals surface area contributed by atoms with Crippen LogP contribution in [-0.4, -0.2) is 0 Å². The van der Waals surface area contributed by atoms with Crippen molar-refractivity contribution in [2.24, 2.45) is 11.8 Å². The molecule has 2 aromatic rings. The van der Waals surface area contributed by atoms with E-state index in [0.29, 0.717) is 5.92 Å². The molecule has 2 aromatic carbocycles. The third-order valence-electron chi connectivity index (χ3n) is 4.85. The van der Waals surface area contributed by atoms with Gasteiger partial charge in [-0.05, 0) is 42.2 Å². The predicted octanol–water partition coefficient (Wildman–Crippen LogP) is 6.67. The summed E-state index contributed by atoms with van der Waals surface area (Å²) in [5, 5.41) is 0. The fourth-order valence-electron chi connectivity index (χ4n) is 3.32. The first-order valence-electron chi connectivity index (χ1n) is 8.80. The number of benzene rings is 2. The molecule has 0 heteroatoms. The van der Waals surface area contributed by atoms with Crippen molar-refractivity contribution in [1.82, 2.24) is 0 Å². The molecular formula is C22H30. The average molecular weight is 294 g/mol. The van der Waals surface area contributed by atoms with Crippen molar-refractivity contribution in [3.05, 3.63) is 71.8 Å². The van der Waals surface area contributed by atoms with E-state index in [0.717, 1.165) is 11.8 Å². The minimum absolute atomic E-state index is 0.529. The van der Waals surface area contributed by atoms with E-state index in [2.05, 4.69) is 81.4 Å². The molecule has 0 bridgehead atoms. The molecule has 0 fully saturated rings. The third kappa shape index (κ3) is 5.02. The Morgan fingerprint density at radius 2 is 1.18 bits per heavy atom. The third-order valence-corrected chi connectivity index (χ3v) is 4.85. The highest BCUT2D eigenvalue weighted by Crippen LogP contribution is 2.31. The van der Waals surface area contributed by atoms with Gasteiger partial charge in [-0.25, -0.2) is 0 Å². The summed E-state index contributed by atoms with van der Waals surface area (Å²) in [6.45, 7) is 7.09. The second-order valence-corrected chi connectivity index (χ2v) is 6.81. The number of hydrogen-bond acceptors (Lipinski definition) is 0. The Labute approximate surface area is 136 Å².